The van der Waals surface area contributed by atoms with Crippen molar-refractivity contribution in [1.29, 1.82) is 0 Å². The molecule has 0 radical (unpaired) electrons. The topological polar surface area (TPSA) is 52.6 Å². The first-order valence-corrected chi connectivity index (χ1v) is 10.3. The molecule has 0 saturated carbocycles. The maximum atomic E-state index is 12.9. The lowest BCUT2D eigenvalue weighted by Crippen LogP contribution is -2.48. The molecule has 1 aromatic carbocycles. The summed E-state index contributed by atoms with van der Waals surface area (Å²) in [7, 11) is 2.03. The van der Waals surface area contributed by atoms with Crippen molar-refractivity contribution in [2.24, 2.45) is 0 Å². The van der Waals surface area contributed by atoms with Gasteiger partial charge in [-0.2, -0.15) is 0 Å². The van der Waals surface area contributed by atoms with Crippen LogP contribution < -0.4 is 9.80 Å². The molecule has 0 spiro atoms. The molecule has 6 nitrogen and oxygen atoms in total. The molecule has 1 fully saturated rings. The van der Waals surface area contributed by atoms with Crippen LogP contribution in [-0.4, -0.2) is 60.0 Å². The van der Waals surface area contributed by atoms with E-state index in [1.165, 1.54) is 5.56 Å². The third-order valence-electron chi connectivity index (χ3n) is 5.80. The number of hydrogen-bond acceptors (Lipinski definition) is 5. The van der Waals surface area contributed by atoms with Crippen LogP contribution in [0.1, 0.15) is 24.8 Å². The Morgan fingerprint density at radius 2 is 1.89 bits per heavy atom. The van der Waals surface area contributed by atoms with Gasteiger partial charge < -0.3 is 9.80 Å². The van der Waals surface area contributed by atoms with Gasteiger partial charge in [0.05, 0.1) is 24.0 Å². The number of aryl methyl sites for hydroxylation is 1. The first-order chi connectivity index (χ1) is 13.6. The van der Waals surface area contributed by atoms with Crippen LogP contribution in [0.25, 0.3) is 0 Å². The van der Waals surface area contributed by atoms with Crippen molar-refractivity contribution in [3.63, 3.8) is 0 Å². The van der Waals surface area contributed by atoms with Gasteiger partial charge in [-0.15, -0.1) is 0 Å². The van der Waals surface area contributed by atoms with Crippen molar-refractivity contribution in [3.05, 3.63) is 47.2 Å². The second-order valence-electron chi connectivity index (χ2n) is 7.60. The molecule has 1 amide bonds. The van der Waals surface area contributed by atoms with Gasteiger partial charge in [0.1, 0.15) is 0 Å². The Bertz CT molecular complexity index is 820. The molecular formula is C21H26ClN5O. The Hall–Kier alpha value is -2.18. The van der Waals surface area contributed by atoms with E-state index in [1.807, 2.05) is 18.0 Å². The zero-order chi connectivity index (χ0) is 19.5. The Morgan fingerprint density at radius 3 is 2.64 bits per heavy atom. The summed E-state index contributed by atoms with van der Waals surface area (Å²) >= 11 is 5.88. The van der Waals surface area contributed by atoms with Gasteiger partial charge in [-0.05, 0) is 37.3 Å². The zero-order valence-electron chi connectivity index (χ0n) is 16.2. The molecular weight excluding hydrogens is 374 g/mol. The number of carbonyl (C=O) groups excluding carboxylic acids is 1. The zero-order valence-corrected chi connectivity index (χ0v) is 17.0. The number of para-hydroxylation sites is 1. The smallest absolute Gasteiger partial charge is 0.241 e. The minimum atomic E-state index is 0.208. The number of benzene rings is 1. The number of aromatic nitrogens is 2. The van der Waals surface area contributed by atoms with Crippen molar-refractivity contribution in [2.75, 3.05) is 43.0 Å². The lowest BCUT2D eigenvalue weighted by atomic mass is 10.0. The highest BCUT2D eigenvalue weighted by Crippen LogP contribution is 2.27. The average Bonchev–Trinajstić information content (AvgIpc) is 2.74. The fourth-order valence-electron chi connectivity index (χ4n) is 4.18. The minimum Gasteiger partial charge on any atom is -0.341 e. The SMILES string of the molecule is CN(c1ncc(Cl)cn1)C1CCN(CC(=O)N2CCCc3ccccc32)CC1. The Kier molecular flexibility index (Phi) is 5.78. The summed E-state index contributed by atoms with van der Waals surface area (Å²) in [6.07, 6.45) is 7.34. The first-order valence-electron chi connectivity index (χ1n) is 9.93. The van der Waals surface area contributed by atoms with Gasteiger partial charge in [0.25, 0.3) is 0 Å². The molecule has 3 heterocycles. The average molecular weight is 400 g/mol. The van der Waals surface area contributed by atoms with Crippen LogP contribution in [0, 0.1) is 0 Å². The summed E-state index contributed by atoms with van der Waals surface area (Å²) in [6.45, 7) is 3.12. The standard InChI is InChI=1S/C21H26ClN5O/c1-25(21-23-13-17(22)14-24-21)18-8-11-26(12-9-18)15-20(28)27-10-4-6-16-5-2-3-7-19(16)27/h2-3,5,7,13-14,18H,4,6,8-12,15H2,1H3. The monoisotopic (exact) mass is 399 g/mol. The van der Waals surface area contributed by atoms with E-state index in [4.69, 9.17) is 11.6 Å². The molecule has 1 aromatic heterocycles. The van der Waals surface area contributed by atoms with Gasteiger partial charge in [-0.3, -0.25) is 9.69 Å². The van der Waals surface area contributed by atoms with Gasteiger partial charge in [-0.1, -0.05) is 29.8 Å². The minimum absolute atomic E-state index is 0.208. The van der Waals surface area contributed by atoms with Crippen LogP contribution in [0.15, 0.2) is 36.7 Å². The van der Waals surface area contributed by atoms with E-state index in [9.17, 15) is 4.79 Å². The maximum Gasteiger partial charge on any atom is 0.241 e. The van der Waals surface area contributed by atoms with Crippen molar-refractivity contribution < 1.29 is 4.79 Å². The number of likely N-dealkylation sites (tertiary alicyclic amines) is 1. The predicted molar refractivity (Wildman–Crippen MR) is 112 cm³/mol. The van der Waals surface area contributed by atoms with Gasteiger partial charge in [0.2, 0.25) is 11.9 Å². The van der Waals surface area contributed by atoms with Gasteiger partial charge in [0.15, 0.2) is 0 Å². The van der Waals surface area contributed by atoms with Crippen LogP contribution >= 0.6 is 11.6 Å². The van der Waals surface area contributed by atoms with E-state index >= 15 is 0 Å². The fraction of sp³-hybridized carbons (Fsp3) is 0.476. The van der Waals surface area contributed by atoms with Crippen molar-refractivity contribution in [2.45, 2.75) is 31.7 Å². The van der Waals surface area contributed by atoms with E-state index in [2.05, 4.69) is 38.0 Å². The second-order valence-corrected chi connectivity index (χ2v) is 8.03. The van der Waals surface area contributed by atoms with E-state index in [0.29, 0.717) is 23.6 Å². The highest BCUT2D eigenvalue weighted by atomic mass is 35.5. The molecule has 0 unspecified atom stereocenters. The Labute approximate surface area is 171 Å². The number of fused-ring (bicyclic) bond motifs is 1. The summed E-state index contributed by atoms with van der Waals surface area (Å²) in [6, 6.07) is 8.65. The number of hydrogen-bond donors (Lipinski definition) is 0. The normalized spacial score (nSPS) is 18.0. The van der Waals surface area contributed by atoms with Crippen molar-refractivity contribution >= 4 is 29.1 Å². The third-order valence-corrected chi connectivity index (χ3v) is 5.99. The maximum absolute atomic E-state index is 12.9. The van der Waals surface area contributed by atoms with Crippen LogP contribution in [0.2, 0.25) is 5.02 Å². The van der Waals surface area contributed by atoms with E-state index < -0.39 is 0 Å². The summed E-state index contributed by atoms with van der Waals surface area (Å²) in [4.78, 5) is 27.9. The molecule has 1 saturated heterocycles. The molecule has 0 atom stereocenters. The number of carbonyl (C=O) groups is 1. The van der Waals surface area contributed by atoms with Gasteiger partial charge >= 0.3 is 0 Å². The number of anilines is 2. The number of amides is 1. The molecule has 2 aromatic rings. The molecule has 0 aliphatic carbocycles. The highest BCUT2D eigenvalue weighted by Gasteiger charge is 2.28. The summed E-state index contributed by atoms with van der Waals surface area (Å²) in [5, 5.41) is 0.546. The van der Waals surface area contributed by atoms with Crippen LogP contribution in [0.4, 0.5) is 11.6 Å². The number of nitrogens with zero attached hydrogens (tertiary/aromatic N) is 5. The molecule has 7 heteroatoms. The van der Waals surface area contributed by atoms with E-state index in [0.717, 1.165) is 51.0 Å². The van der Waals surface area contributed by atoms with Gasteiger partial charge in [-0.25, -0.2) is 9.97 Å². The number of rotatable bonds is 4. The Morgan fingerprint density at radius 1 is 1.18 bits per heavy atom. The highest BCUT2D eigenvalue weighted by molar-refractivity contribution is 6.30. The number of halogens is 1. The van der Waals surface area contributed by atoms with Crippen molar-refractivity contribution in [1.82, 2.24) is 14.9 Å². The third kappa shape index (κ3) is 4.13. The quantitative estimate of drug-likeness (QED) is 0.791. The molecule has 0 bridgehead atoms. The first kappa shape index (κ1) is 19.2. The predicted octanol–water partition coefficient (Wildman–Crippen LogP) is 3.01. The van der Waals surface area contributed by atoms with E-state index in [1.54, 1.807) is 12.4 Å². The summed E-state index contributed by atoms with van der Waals surface area (Å²) in [5.41, 5.74) is 2.37. The van der Waals surface area contributed by atoms with Crippen LogP contribution in [-0.2, 0) is 11.2 Å². The molecule has 4 rings (SSSR count). The van der Waals surface area contributed by atoms with Crippen molar-refractivity contribution in [3.8, 4) is 0 Å². The van der Waals surface area contributed by atoms with Crippen LogP contribution in [0.3, 0.4) is 0 Å². The second kappa shape index (κ2) is 8.45. The lowest BCUT2D eigenvalue weighted by Gasteiger charge is -2.37. The molecule has 0 N–H and O–H groups in total. The van der Waals surface area contributed by atoms with E-state index in [-0.39, 0.29) is 5.91 Å². The summed E-state index contributed by atoms with van der Waals surface area (Å²) < 4.78 is 0. The number of piperidine rings is 1. The van der Waals surface area contributed by atoms with Crippen LogP contribution in [0.5, 0.6) is 0 Å². The molecule has 28 heavy (non-hydrogen) atoms. The lowest BCUT2D eigenvalue weighted by molar-refractivity contribution is -0.120. The largest absolute Gasteiger partial charge is 0.341 e. The fourth-order valence-corrected chi connectivity index (χ4v) is 4.28. The molecule has 148 valence electrons. The summed E-state index contributed by atoms with van der Waals surface area (Å²) in [5.74, 6) is 0.906. The Balaban J connectivity index is 1.32. The molecule has 2 aliphatic rings. The van der Waals surface area contributed by atoms with Gasteiger partial charge in [0, 0.05) is 38.4 Å². The molecule has 2 aliphatic heterocycles.